The highest BCUT2D eigenvalue weighted by molar-refractivity contribution is 6.09. The molecule has 1 heterocycles. The third-order valence-electron chi connectivity index (χ3n) is 8.91. The van der Waals surface area contributed by atoms with Gasteiger partial charge in [-0.1, -0.05) is 115 Å². The van der Waals surface area contributed by atoms with Crippen LogP contribution in [0, 0.1) is 11.3 Å². The molecule has 4 aromatic rings. The van der Waals surface area contributed by atoms with Gasteiger partial charge in [0.1, 0.15) is 0 Å². The third kappa shape index (κ3) is 6.42. The first-order valence-electron chi connectivity index (χ1n) is 15.0. The highest BCUT2D eigenvalue weighted by Crippen LogP contribution is 2.39. The van der Waals surface area contributed by atoms with Crippen LogP contribution in [0.3, 0.4) is 0 Å². The zero-order valence-corrected chi connectivity index (χ0v) is 25.4. The highest BCUT2D eigenvalue weighted by atomic mass is 35.5. The topological polar surface area (TPSA) is 44.1 Å². The predicted molar refractivity (Wildman–Crippen MR) is 179 cm³/mol. The van der Waals surface area contributed by atoms with E-state index in [1.165, 1.54) is 33.4 Å². The molecule has 4 aromatic carbocycles. The molecule has 0 amide bonds. The normalized spacial score (nSPS) is 15.7. The van der Waals surface area contributed by atoms with Crippen LogP contribution in [0.2, 0.25) is 0 Å². The number of nitriles is 1. The van der Waals surface area contributed by atoms with Crippen molar-refractivity contribution in [3.05, 3.63) is 148 Å². The number of ketones is 1. The van der Waals surface area contributed by atoms with Gasteiger partial charge >= 0.3 is 0 Å². The third-order valence-corrected chi connectivity index (χ3v) is 8.91. The number of hydrogen-bond donors (Lipinski definition) is 0. The van der Waals surface area contributed by atoms with E-state index in [9.17, 15) is 10.1 Å². The maximum Gasteiger partial charge on any atom is 0.193 e. The van der Waals surface area contributed by atoms with Gasteiger partial charge in [0, 0.05) is 24.2 Å². The molecule has 43 heavy (non-hydrogen) atoms. The van der Waals surface area contributed by atoms with Crippen LogP contribution >= 0.6 is 12.4 Å². The van der Waals surface area contributed by atoms with Crippen molar-refractivity contribution >= 4 is 35.9 Å². The molecule has 216 valence electrons. The van der Waals surface area contributed by atoms with Gasteiger partial charge in [-0.3, -0.25) is 4.79 Å². The number of benzene rings is 4. The Morgan fingerprint density at radius 3 is 2.00 bits per heavy atom. The summed E-state index contributed by atoms with van der Waals surface area (Å²) in [7, 11) is 0. The molecule has 1 aliphatic carbocycles. The zero-order valence-electron chi connectivity index (χ0n) is 24.6. The summed E-state index contributed by atoms with van der Waals surface area (Å²) in [6, 6.07) is 37.1. The molecule has 2 aliphatic rings. The van der Waals surface area contributed by atoms with Crippen molar-refractivity contribution in [2.75, 3.05) is 19.6 Å². The molecular weight excluding hydrogens is 548 g/mol. The van der Waals surface area contributed by atoms with Crippen LogP contribution in [0.4, 0.5) is 0 Å². The van der Waals surface area contributed by atoms with Crippen LogP contribution in [-0.2, 0) is 5.41 Å². The molecule has 4 heteroatoms. The van der Waals surface area contributed by atoms with Crippen molar-refractivity contribution in [3.8, 4) is 6.07 Å². The summed E-state index contributed by atoms with van der Waals surface area (Å²) in [4.78, 5) is 15.6. The highest BCUT2D eigenvalue weighted by Gasteiger charge is 2.28. The summed E-state index contributed by atoms with van der Waals surface area (Å²) >= 11 is 0. The van der Waals surface area contributed by atoms with E-state index in [0.29, 0.717) is 11.1 Å². The van der Waals surface area contributed by atoms with Crippen LogP contribution < -0.4 is 0 Å². The molecule has 3 nitrogen and oxygen atoms in total. The summed E-state index contributed by atoms with van der Waals surface area (Å²) < 4.78 is 0. The SMILES string of the molecule is CC(C#N)(CCCN1CCC(=C2c3ccccc3C=Cc3ccccc32)CC1)c1cccc(C(=O)c2ccccc2)c1.Cl. The number of hydrogen-bond acceptors (Lipinski definition) is 3. The Bertz CT molecular complexity index is 1650. The van der Waals surface area contributed by atoms with E-state index >= 15 is 0 Å². The molecule has 0 radical (unpaired) electrons. The maximum atomic E-state index is 13.0. The van der Waals surface area contributed by atoms with Crippen LogP contribution in [-0.4, -0.2) is 30.3 Å². The Labute approximate surface area is 261 Å². The Kier molecular flexibility index (Phi) is 9.41. The number of fused-ring (bicyclic) bond motifs is 2. The molecule has 6 rings (SSSR count). The second-order valence-corrected chi connectivity index (χ2v) is 11.7. The van der Waals surface area contributed by atoms with Crippen LogP contribution in [0.25, 0.3) is 17.7 Å². The van der Waals surface area contributed by atoms with E-state index in [4.69, 9.17) is 0 Å². The molecule has 1 aliphatic heterocycles. The lowest BCUT2D eigenvalue weighted by atomic mass is 9.79. The summed E-state index contributed by atoms with van der Waals surface area (Å²) in [6.45, 7) is 5.03. The molecular formula is C39H37ClN2O. The first kappa shape index (κ1) is 30.2. The monoisotopic (exact) mass is 584 g/mol. The van der Waals surface area contributed by atoms with Crippen molar-refractivity contribution in [1.82, 2.24) is 4.90 Å². The van der Waals surface area contributed by atoms with E-state index in [-0.39, 0.29) is 18.2 Å². The smallest absolute Gasteiger partial charge is 0.193 e. The molecule has 1 unspecified atom stereocenters. The molecule has 0 spiro atoms. The average Bonchev–Trinajstić information content (AvgIpc) is 3.22. The largest absolute Gasteiger partial charge is 0.303 e. The summed E-state index contributed by atoms with van der Waals surface area (Å²) in [6.07, 6.45) is 8.28. The average molecular weight is 585 g/mol. The van der Waals surface area contributed by atoms with E-state index in [0.717, 1.165) is 50.9 Å². The standard InChI is InChI=1S/C39H36N2O.ClH/c1-39(28-40,34-16-9-15-33(27-34)38(42)32-13-3-2-4-14-32)23-10-24-41-25-21-31(22-26-41)37-35-17-7-5-11-29(35)19-20-30-12-6-8-18-36(30)37;/h2-9,11-20,27H,10,21-26H2,1H3;1H. The number of likely N-dealkylation sites (tertiary alicyclic amines) is 1. The van der Waals surface area contributed by atoms with Gasteiger partial charge in [0.15, 0.2) is 5.78 Å². The van der Waals surface area contributed by atoms with Crippen LogP contribution in [0.15, 0.2) is 109 Å². The lowest BCUT2D eigenvalue weighted by Gasteiger charge is -2.31. The van der Waals surface area contributed by atoms with Crippen molar-refractivity contribution in [2.24, 2.45) is 0 Å². The van der Waals surface area contributed by atoms with Crippen molar-refractivity contribution < 1.29 is 4.79 Å². The van der Waals surface area contributed by atoms with Crippen molar-refractivity contribution in [1.29, 1.82) is 5.26 Å². The molecule has 0 aromatic heterocycles. The van der Waals surface area contributed by atoms with E-state index in [1.807, 2.05) is 61.5 Å². The van der Waals surface area contributed by atoms with Gasteiger partial charge in [-0.05, 0) is 78.6 Å². The quantitative estimate of drug-likeness (QED) is 0.179. The van der Waals surface area contributed by atoms with Gasteiger partial charge in [-0.15, -0.1) is 12.4 Å². The Hall–Kier alpha value is -4.23. The number of carbonyl (C=O) groups excluding carboxylic acids is 1. The molecule has 1 atom stereocenters. The maximum absolute atomic E-state index is 13.0. The summed E-state index contributed by atoms with van der Waals surface area (Å²) in [5, 5.41) is 10.2. The number of nitrogens with zero attached hydrogens (tertiary/aromatic N) is 2. The van der Waals surface area contributed by atoms with Crippen molar-refractivity contribution in [3.63, 3.8) is 0 Å². The fraction of sp³-hybridized carbons (Fsp3) is 0.231. The minimum Gasteiger partial charge on any atom is -0.303 e. The lowest BCUT2D eigenvalue weighted by Crippen LogP contribution is -2.33. The van der Waals surface area contributed by atoms with Gasteiger partial charge in [-0.25, -0.2) is 0 Å². The summed E-state index contributed by atoms with van der Waals surface area (Å²) in [5.74, 6) is -0.00863. The molecule has 0 saturated carbocycles. The molecule has 0 N–H and O–H groups in total. The fourth-order valence-corrected chi connectivity index (χ4v) is 6.42. The first-order chi connectivity index (χ1) is 20.6. The zero-order chi connectivity index (χ0) is 28.9. The number of halogens is 1. The van der Waals surface area contributed by atoms with Gasteiger partial charge in [0.05, 0.1) is 11.5 Å². The van der Waals surface area contributed by atoms with Gasteiger partial charge in [-0.2, -0.15) is 5.26 Å². The van der Waals surface area contributed by atoms with E-state index in [2.05, 4.69) is 71.7 Å². The second-order valence-electron chi connectivity index (χ2n) is 11.7. The Morgan fingerprint density at radius 2 is 1.37 bits per heavy atom. The van der Waals surface area contributed by atoms with Gasteiger partial charge < -0.3 is 4.90 Å². The fourth-order valence-electron chi connectivity index (χ4n) is 6.42. The van der Waals surface area contributed by atoms with Crippen LogP contribution in [0.5, 0.6) is 0 Å². The number of carbonyl (C=O) groups is 1. The van der Waals surface area contributed by atoms with Crippen molar-refractivity contribution in [2.45, 2.75) is 38.0 Å². The van der Waals surface area contributed by atoms with Gasteiger partial charge in [0.25, 0.3) is 0 Å². The Morgan fingerprint density at radius 1 is 0.791 bits per heavy atom. The number of piperidine rings is 1. The predicted octanol–water partition coefficient (Wildman–Crippen LogP) is 8.98. The Balaban J connectivity index is 0.00000368. The molecule has 1 saturated heterocycles. The summed E-state index contributed by atoms with van der Waals surface area (Å²) in [5.41, 5.74) is 9.75. The lowest BCUT2D eigenvalue weighted by molar-refractivity contribution is 0.103. The van der Waals surface area contributed by atoms with Gasteiger partial charge in [0.2, 0.25) is 0 Å². The van der Waals surface area contributed by atoms with E-state index < -0.39 is 5.41 Å². The second kappa shape index (κ2) is 13.4. The first-order valence-corrected chi connectivity index (χ1v) is 15.0. The van der Waals surface area contributed by atoms with Crippen LogP contribution in [0.1, 0.15) is 76.3 Å². The minimum atomic E-state index is -0.642. The molecule has 1 fully saturated rings. The molecule has 0 bridgehead atoms. The minimum absolute atomic E-state index is 0. The number of rotatable bonds is 7. The van der Waals surface area contributed by atoms with E-state index in [1.54, 1.807) is 0 Å².